The molecule has 1 N–H and O–H groups in total. The van der Waals surface area contributed by atoms with Crippen molar-refractivity contribution in [3.63, 3.8) is 0 Å². The Morgan fingerprint density at radius 2 is 1.82 bits per heavy atom. The van der Waals surface area contributed by atoms with Gasteiger partial charge in [0.05, 0.1) is 0 Å². The molecule has 96 valence electrons. The second-order valence-corrected chi connectivity index (χ2v) is 5.47. The zero-order chi connectivity index (χ0) is 12.6. The minimum atomic E-state index is -0.151. The molecule has 2 saturated heterocycles. The predicted octanol–water partition coefficient (Wildman–Crippen LogP) is 1.02. The van der Waals surface area contributed by atoms with Crippen LogP contribution in [0.15, 0.2) is 0 Å². The summed E-state index contributed by atoms with van der Waals surface area (Å²) in [6, 6.07) is 0.0372. The van der Waals surface area contributed by atoms with E-state index in [4.69, 9.17) is 0 Å². The zero-order valence-corrected chi connectivity index (χ0v) is 10.9. The minimum Gasteiger partial charge on any atom is -0.316 e. The maximum atomic E-state index is 12.1. The second kappa shape index (κ2) is 4.77. The second-order valence-electron chi connectivity index (χ2n) is 5.47. The third-order valence-corrected chi connectivity index (χ3v) is 4.43. The molecule has 2 fully saturated rings. The number of nitrogens with zero attached hydrogens (tertiary/aromatic N) is 1. The van der Waals surface area contributed by atoms with Crippen LogP contribution >= 0.6 is 0 Å². The molecule has 4 heteroatoms. The summed E-state index contributed by atoms with van der Waals surface area (Å²) in [6.07, 6.45) is 2.24. The molecule has 4 nitrogen and oxygen atoms in total. The van der Waals surface area contributed by atoms with Crippen LogP contribution in [0.1, 0.15) is 33.6 Å². The van der Waals surface area contributed by atoms with Gasteiger partial charge in [0, 0.05) is 17.9 Å². The highest BCUT2D eigenvalue weighted by Crippen LogP contribution is 2.30. The van der Waals surface area contributed by atoms with Crippen LogP contribution < -0.4 is 5.32 Å². The van der Waals surface area contributed by atoms with E-state index in [0.29, 0.717) is 5.92 Å². The van der Waals surface area contributed by atoms with E-state index in [9.17, 15) is 9.59 Å². The van der Waals surface area contributed by atoms with Crippen molar-refractivity contribution in [2.75, 3.05) is 13.1 Å². The summed E-state index contributed by atoms with van der Waals surface area (Å²) in [5.74, 6) is 0.137. The lowest BCUT2D eigenvalue weighted by Crippen LogP contribution is -2.47. The van der Waals surface area contributed by atoms with Gasteiger partial charge in [0.2, 0.25) is 11.8 Å². The molecule has 0 aromatic rings. The van der Waals surface area contributed by atoms with Crippen LogP contribution in [0.25, 0.3) is 0 Å². The fourth-order valence-electron chi connectivity index (χ4n) is 2.88. The van der Waals surface area contributed by atoms with Gasteiger partial charge in [-0.2, -0.15) is 0 Å². The lowest BCUT2D eigenvalue weighted by Gasteiger charge is -2.33. The first kappa shape index (κ1) is 12.6. The quantitative estimate of drug-likeness (QED) is 0.731. The summed E-state index contributed by atoms with van der Waals surface area (Å²) >= 11 is 0. The van der Waals surface area contributed by atoms with E-state index in [1.54, 1.807) is 0 Å². The van der Waals surface area contributed by atoms with Crippen molar-refractivity contribution in [1.82, 2.24) is 10.2 Å². The summed E-state index contributed by atoms with van der Waals surface area (Å²) in [5, 5.41) is 3.34. The van der Waals surface area contributed by atoms with Gasteiger partial charge in [0.15, 0.2) is 0 Å². The minimum absolute atomic E-state index is 0.0144. The Morgan fingerprint density at radius 3 is 2.29 bits per heavy atom. The molecule has 0 aromatic carbocycles. The van der Waals surface area contributed by atoms with Crippen LogP contribution in [0.4, 0.5) is 0 Å². The van der Waals surface area contributed by atoms with E-state index in [2.05, 4.69) is 5.32 Å². The van der Waals surface area contributed by atoms with Crippen molar-refractivity contribution in [1.29, 1.82) is 0 Å². The van der Waals surface area contributed by atoms with E-state index in [-0.39, 0.29) is 29.7 Å². The van der Waals surface area contributed by atoms with E-state index in [1.807, 2.05) is 20.8 Å². The molecule has 2 rings (SSSR count). The smallest absolute Gasteiger partial charge is 0.233 e. The van der Waals surface area contributed by atoms with Crippen molar-refractivity contribution in [3.05, 3.63) is 0 Å². The maximum absolute atomic E-state index is 12.1. The van der Waals surface area contributed by atoms with Gasteiger partial charge in [-0.05, 0) is 38.8 Å². The van der Waals surface area contributed by atoms with Gasteiger partial charge in [-0.1, -0.05) is 13.8 Å². The largest absolute Gasteiger partial charge is 0.316 e. The number of imide groups is 1. The maximum Gasteiger partial charge on any atom is 0.233 e. The summed E-state index contributed by atoms with van der Waals surface area (Å²) in [6.45, 7) is 7.70. The Balaban J connectivity index is 2.10. The Hall–Kier alpha value is -0.900. The summed E-state index contributed by atoms with van der Waals surface area (Å²) in [5.41, 5.74) is 0. The Labute approximate surface area is 103 Å². The monoisotopic (exact) mass is 238 g/mol. The molecule has 0 radical (unpaired) electrons. The summed E-state index contributed by atoms with van der Waals surface area (Å²) in [7, 11) is 0. The van der Waals surface area contributed by atoms with Crippen molar-refractivity contribution < 1.29 is 9.59 Å². The Morgan fingerprint density at radius 1 is 1.24 bits per heavy atom. The van der Waals surface area contributed by atoms with Crippen molar-refractivity contribution >= 4 is 11.8 Å². The number of piperidine rings is 1. The average Bonchev–Trinajstić information content (AvgIpc) is 2.54. The summed E-state index contributed by atoms with van der Waals surface area (Å²) < 4.78 is 0. The van der Waals surface area contributed by atoms with Gasteiger partial charge < -0.3 is 5.32 Å². The number of rotatable bonds is 2. The van der Waals surface area contributed by atoms with Gasteiger partial charge in [0.1, 0.15) is 0 Å². The highest BCUT2D eigenvalue weighted by molar-refractivity contribution is 6.05. The van der Waals surface area contributed by atoms with Crippen LogP contribution in [-0.2, 0) is 9.59 Å². The van der Waals surface area contributed by atoms with Crippen LogP contribution in [-0.4, -0.2) is 35.8 Å². The Bertz CT molecular complexity index is 303. The molecular formula is C13H22N2O2. The molecule has 2 aliphatic rings. The molecule has 2 aliphatic heterocycles. The molecule has 4 atom stereocenters. The first-order chi connectivity index (χ1) is 8.04. The molecule has 17 heavy (non-hydrogen) atoms. The molecule has 0 saturated carbocycles. The number of nitrogens with one attached hydrogen (secondary N) is 1. The highest BCUT2D eigenvalue weighted by Gasteiger charge is 2.45. The molecule has 4 unspecified atom stereocenters. The highest BCUT2D eigenvalue weighted by atomic mass is 16.2. The molecule has 0 spiro atoms. The molecule has 2 heterocycles. The number of amides is 2. The first-order valence-electron chi connectivity index (χ1n) is 6.61. The third kappa shape index (κ3) is 2.10. The first-order valence-corrected chi connectivity index (χ1v) is 6.61. The van der Waals surface area contributed by atoms with Gasteiger partial charge in [-0.25, -0.2) is 0 Å². The van der Waals surface area contributed by atoms with Gasteiger partial charge in [0.25, 0.3) is 0 Å². The Kier molecular flexibility index (Phi) is 3.52. The van der Waals surface area contributed by atoms with Gasteiger partial charge >= 0.3 is 0 Å². The third-order valence-electron chi connectivity index (χ3n) is 4.43. The normalized spacial score (nSPS) is 36.4. The van der Waals surface area contributed by atoms with Crippen molar-refractivity contribution in [2.24, 2.45) is 17.8 Å². The molecular weight excluding hydrogens is 216 g/mol. The van der Waals surface area contributed by atoms with Gasteiger partial charge in [-0.3, -0.25) is 14.5 Å². The standard InChI is InChI=1S/C13H22N2O2/c1-8-9(2)13(17)15(12(8)16)10(3)11-5-4-6-14-7-11/h8-11,14H,4-7H2,1-3H3. The van der Waals surface area contributed by atoms with Crippen LogP contribution in [0.2, 0.25) is 0 Å². The summed E-state index contributed by atoms with van der Waals surface area (Å²) in [4.78, 5) is 25.7. The fourth-order valence-corrected chi connectivity index (χ4v) is 2.88. The van der Waals surface area contributed by atoms with Crippen molar-refractivity contribution in [3.8, 4) is 0 Å². The van der Waals surface area contributed by atoms with Crippen LogP contribution in [0.3, 0.4) is 0 Å². The SMILES string of the molecule is CC1C(=O)N(C(C)C2CCCNC2)C(=O)C1C. The van der Waals surface area contributed by atoms with Crippen molar-refractivity contribution in [2.45, 2.75) is 39.7 Å². The van der Waals surface area contributed by atoms with E-state index in [0.717, 1.165) is 25.9 Å². The topological polar surface area (TPSA) is 49.4 Å². The number of likely N-dealkylation sites (tertiary alicyclic amines) is 1. The zero-order valence-electron chi connectivity index (χ0n) is 10.9. The number of carbonyl (C=O) groups is 2. The number of hydrogen-bond donors (Lipinski definition) is 1. The molecule has 2 amide bonds. The number of carbonyl (C=O) groups excluding carboxylic acids is 2. The number of hydrogen-bond acceptors (Lipinski definition) is 3. The van der Waals surface area contributed by atoms with E-state index in [1.165, 1.54) is 4.90 Å². The van der Waals surface area contributed by atoms with Crippen LogP contribution in [0.5, 0.6) is 0 Å². The molecule has 0 aromatic heterocycles. The van der Waals surface area contributed by atoms with E-state index >= 15 is 0 Å². The van der Waals surface area contributed by atoms with Crippen LogP contribution in [0, 0.1) is 17.8 Å². The molecule has 0 aliphatic carbocycles. The lowest BCUT2D eigenvalue weighted by molar-refractivity contribution is -0.143. The molecule has 0 bridgehead atoms. The average molecular weight is 238 g/mol. The fraction of sp³-hybridized carbons (Fsp3) is 0.846. The van der Waals surface area contributed by atoms with Gasteiger partial charge in [-0.15, -0.1) is 0 Å². The predicted molar refractivity (Wildman–Crippen MR) is 65.2 cm³/mol. The van der Waals surface area contributed by atoms with E-state index < -0.39 is 0 Å². The lowest BCUT2D eigenvalue weighted by atomic mass is 9.92.